The van der Waals surface area contributed by atoms with Crippen LogP contribution >= 0.6 is 0 Å². The van der Waals surface area contributed by atoms with Crippen LogP contribution in [0.1, 0.15) is 80.1 Å². The smallest absolute Gasteiger partial charge is 0.258 e. The first-order chi connectivity index (χ1) is 12.9. The topological polar surface area (TPSA) is 23.5 Å². The van der Waals surface area contributed by atoms with Crippen LogP contribution in [-0.2, 0) is 0 Å². The average Bonchev–Trinajstić information content (AvgIpc) is 3.13. The Morgan fingerprint density at radius 3 is 1.89 bits per heavy atom. The SMILES string of the molecule is CC(C)[Si](C#CCCCCCCN(C)C[C@@]1(CO)CC1(F)F)(C(C)C)C(C)C. The summed E-state index contributed by atoms with van der Waals surface area (Å²) in [5.41, 5.74) is 4.62. The number of nitrogens with zero attached hydrogens (tertiary/aromatic N) is 1. The summed E-state index contributed by atoms with van der Waals surface area (Å²) in [4.78, 5) is 1.95. The maximum atomic E-state index is 13.4. The first kappa shape index (κ1) is 25.6. The second-order valence-corrected chi connectivity index (χ2v) is 15.5. The molecule has 28 heavy (non-hydrogen) atoms. The van der Waals surface area contributed by atoms with E-state index >= 15 is 0 Å². The highest BCUT2D eigenvalue weighted by molar-refractivity contribution is 6.90. The minimum absolute atomic E-state index is 0.173. The van der Waals surface area contributed by atoms with Crippen molar-refractivity contribution in [1.82, 2.24) is 4.90 Å². The van der Waals surface area contributed by atoms with Gasteiger partial charge in [-0.1, -0.05) is 54.4 Å². The molecule has 2 nitrogen and oxygen atoms in total. The first-order valence-electron chi connectivity index (χ1n) is 11.1. The maximum Gasteiger partial charge on any atom is 0.258 e. The van der Waals surface area contributed by atoms with Crippen LogP contribution in [0.2, 0.25) is 16.6 Å². The normalized spacial score (nSPS) is 21.5. The quantitative estimate of drug-likeness (QED) is 0.236. The molecule has 1 atom stereocenters. The Bertz CT molecular complexity index is 517. The van der Waals surface area contributed by atoms with Crippen molar-refractivity contribution in [2.45, 2.75) is 103 Å². The van der Waals surface area contributed by atoms with E-state index < -0.39 is 26.0 Å². The van der Waals surface area contributed by atoms with Gasteiger partial charge in [0.25, 0.3) is 5.92 Å². The molecule has 0 spiro atoms. The molecule has 5 heteroatoms. The molecule has 1 aliphatic rings. The molecule has 1 N–H and O–H groups in total. The molecule has 1 saturated carbocycles. The molecule has 1 aliphatic carbocycles. The third kappa shape index (κ3) is 6.03. The highest BCUT2D eigenvalue weighted by atomic mass is 28.3. The Labute approximate surface area is 173 Å². The largest absolute Gasteiger partial charge is 0.396 e. The number of unbranched alkanes of at least 4 members (excludes halogenated alkanes) is 4. The summed E-state index contributed by atoms with van der Waals surface area (Å²) in [6, 6.07) is 0. The third-order valence-electron chi connectivity index (χ3n) is 6.85. The second kappa shape index (κ2) is 10.5. The molecule has 0 unspecified atom stereocenters. The van der Waals surface area contributed by atoms with Gasteiger partial charge in [0.15, 0.2) is 0 Å². The zero-order valence-corrected chi connectivity index (χ0v) is 20.2. The van der Waals surface area contributed by atoms with Gasteiger partial charge >= 0.3 is 0 Å². The summed E-state index contributed by atoms with van der Waals surface area (Å²) >= 11 is 0. The van der Waals surface area contributed by atoms with Crippen molar-refractivity contribution in [3.63, 3.8) is 0 Å². The van der Waals surface area contributed by atoms with Gasteiger partial charge in [-0.25, -0.2) is 8.78 Å². The Hall–Kier alpha value is -0.443. The summed E-state index contributed by atoms with van der Waals surface area (Å²) in [5, 5.41) is 9.28. The minimum atomic E-state index is -2.69. The van der Waals surface area contributed by atoms with E-state index in [0.29, 0.717) is 16.6 Å². The number of hydrogen-bond donors (Lipinski definition) is 1. The van der Waals surface area contributed by atoms with Gasteiger partial charge in [-0.15, -0.1) is 11.5 Å². The van der Waals surface area contributed by atoms with E-state index in [1.807, 2.05) is 11.9 Å². The maximum absolute atomic E-state index is 13.4. The van der Waals surface area contributed by atoms with Crippen LogP contribution < -0.4 is 0 Å². The molecular weight excluding hydrogens is 372 g/mol. The number of aliphatic hydroxyl groups is 1. The lowest BCUT2D eigenvalue weighted by atomic mass is 10.1. The summed E-state index contributed by atoms with van der Waals surface area (Å²) in [7, 11) is 0.280. The van der Waals surface area contributed by atoms with Crippen LogP contribution in [0, 0.1) is 16.9 Å². The van der Waals surface area contributed by atoms with Crippen LogP contribution in [0.25, 0.3) is 0 Å². The van der Waals surface area contributed by atoms with Crippen molar-refractivity contribution in [2.24, 2.45) is 5.41 Å². The van der Waals surface area contributed by atoms with E-state index in [0.717, 1.165) is 38.6 Å². The predicted molar refractivity (Wildman–Crippen MR) is 118 cm³/mol. The first-order valence-corrected chi connectivity index (χ1v) is 13.4. The third-order valence-corrected chi connectivity index (χ3v) is 13.2. The average molecular weight is 416 g/mol. The number of rotatable bonds is 12. The highest BCUT2D eigenvalue weighted by Gasteiger charge is 2.70. The Morgan fingerprint density at radius 2 is 1.46 bits per heavy atom. The number of hydrogen-bond acceptors (Lipinski definition) is 2. The monoisotopic (exact) mass is 415 g/mol. The van der Waals surface area contributed by atoms with Crippen molar-refractivity contribution in [3.05, 3.63) is 0 Å². The molecule has 0 aromatic carbocycles. The van der Waals surface area contributed by atoms with Gasteiger partial charge in [0.2, 0.25) is 0 Å². The second-order valence-electron chi connectivity index (χ2n) is 9.92. The fourth-order valence-corrected chi connectivity index (χ4v) is 10.3. The fraction of sp³-hybridized carbons (Fsp3) is 0.913. The van der Waals surface area contributed by atoms with Gasteiger partial charge in [-0.3, -0.25) is 0 Å². The van der Waals surface area contributed by atoms with E-state index in [9.17, 15) is 13.9 Å². The zero-order valence-electron chi connectivity index (χ0n) is 19.2. The number of alkyl halides is 2. The van der Waals surface area contributed by atoms with E-state index in [-0.39, 0.29) is 13.0 Å². The van der Waals surface area contributed by atoms with E-state index in [2.05, 4.69) is 53.0 Å². The molecule has 0 bridgehead atoms. The van der Waals surface area contributed by atoms with Crippen LogP contribution in [0.15, 0.2) is 0 Å². The summed E-state index contributed by atoms with van der Waals surface area (Å²) in [5.74, 6) is 0.831. The van der Waals surface area contributed by atoms with Gasteiger partial charge in [0.05, 0.1) is 12.0 Å². The van der Waals surface area contributed by atoms with E-state index in [1.54, 1.807) is 0 Å². The van der Waals surface area contributed by atoms with Crippen LogP contribution in [0.5, 0.6) is 0 Å². The Balaban J connectivity index is 2.29. The van der Waals surface area contributed by atoms with E-state index in [1.165, 1.54) is 0 Å². The Morgan fingerprint density at radius 1 is 0.964 bits per heavy atom. The predicted octanol–water partition coefficient (Wildman–Crippen LogP) is 6.11. The highest BCUT2D eigenvalue weighted by Crippen LogP contribution is 2.60. The van der Waals surface area contributed by atoms with Crippen molar-refractivity contribution < 1.29 is 13.9 Å². The lowest BCUT2D eigenvalue weighted by Gasteiger charge is -2.38. The van der Waals surface area contributed by atoms with Gasteiger partial charge in [-0.2, -0.15) is 0 Å². The molecular formula is C23H43F2NOSi. The van der Waals surface area contributed by atoms with Gasteiger partial charge in [0.1, 0.15) is 8.07 Å². The molecule has 0 aromatic rings. The standard InChI is InChI=1S/C23H43F2NOSi/c1-19(2)28(20(3)4,21(5)6)15-13-11-9-8-10-12-14-26(7)17-22(18-27)16-23(22,24)25/h19-21,27H,8-12,14,16-18H2,1-7H3/t22-/m1/s1. The Kier molecular flexibility index (Phi) is 9.64. The van der Waals surface area contributed by atoms with Crippen LogP contribution in [0.4, 0.5) is 8.78 Å². The molecule has 0 amide bonds. The number of halogens is 2. The van der Waals surface area contributed by atoms with Crippen LogP contribution in [0.3, 0.4) is 0 Å². The molecule has 0 aromatic heterocycles. The van der Waals surface area contributed by atoms with E-state index in [4.69, 9.17) is 0 Å². The van der Waals surface area contributed by atoms with Crippen LogP contribution in [-0.4, -0.2) is 50.7 Å². The molecule has 1 rings (SSSR count). The fourth-order valence-electron chi connectivity index (χ4n) is 4.97. The summed E-state index contributed by atoms with van der Waals surface area (Å²) < 4.78 is 26.8. The zero-order chi connectivity index (χ0) is 21.6. The molecule has 0 aliphatic heterocycles. The lowest BCUT2D eigenvalue weighted by molar-refractivity contribution is 0.0219. The molecule has 164 valence electrons. The van der Waals surface area contributed by atoms with Gasteiger partial charge < -0.3 is 10.0 Å². The van der Waals surface area contributed by atoms with Crippen molar-refractivity contribution in [3.8, 4) is 11.5 Å². The summed E-state index contributed by atoms with van der Waals surface area (Å²) in [6.07, 6.45) is 5.18. The molecule has 0 saturated heterocycles. The number of aliphatic hydroxyl groups excluding tert-OH is 1. The molecule has 0 radical (unpaired) electrons. The lowest BCUT2D eigenvalue weighted by Crippen LogP contribution is -2.43. The summed E-state index contributed by atoms with van der Waals surface area (Å²) in [6.45, 7) is 14.7. The van der Waals surface area contributed by atoms with Gasteiger partial charge in [-0.05, 0) is 43.1 Å². The molecule has 0 heterocycles. The van der Waals surface area contributed by atoms with Crippen molar-refractivity contribution in [1.29, 1.82) is 0 Å². The van der Waals surface area contributed by atoms with Crippen molar-refractivity contribution in [2.75, 3.05) is 26.7 Å². The van der Waals surface area contributed by atoms with Gasteiger partial charge in [0, 0.05) is 19.4 Å². The molecule has 1 fully saturated rings. The van der Waals surface area contributed by atoms with Crippen molar-refractivity contribution >= 4 is 8.07 Å². The minimum Gasteiger partial charge on any atom is -0.396 e.